The van der Waals surface area contributed by atoms with Crippen LogP contribution in [-0.2, 0) is 10.3 Å². The van der Waals surface area contributed by atoms with Crippen LogP contribution in [0.2, 0.25) is 0 Å². The quantitative estimate of drug-likeness (QED) is 0.463. The molecule has 0 spiro atoms. The molecule has 0 aliphatic rings. The SMILES string of the molecule is C=CCC(CC=C)(NC=O)c1ccc(C#Cc2ccccc2)cc1. The number of nitrogens with one attached hydrogen (secondary N) is 1. The van der Waals surface area contributed by atoms with E-state index in [0.29, 0.717) is 12.8 Å². The van der Waals surface area contributed by atoms with Crippen molar-refractivity contribution in [1.29, 1.82) is 0 Å². The molecule has 0 aliphatic carbocycles. The van der Waals surface area contributed by atoms with Gasteiger partial charge in [0.2, 0.25) is 6.41 Å². The topological polar surface area (TPSA) is 29.1 Å². The van der Waals surface area contributed by atoms with Gasteiger partial charge in [0.05, 0.1) is 5.54 Å². The lowest BCUT2D eigenvalue weighted by atomic mass is 9.83. The van der Waals surface area contributed by atoms with Crippen molar-refractivity contribution in [2.45, 2.75) is 18.4 Å². The number of carbonyl (C=O) groups is 1. The van der Waals surface area contributed by atoms with Crippen molar-refractivity contribution in [1.82, 2.24) is 5.32 Å². The molecule has 2 heteroatoms. The standard InChI is InChI=1S/C22H21NO/c1-3-16-22(17-4-2,23-18-24)21-14-12-20(13-15-21)11-10-19-8-6-5-7-9-19/h3-9,12-15,18H,1-2,16-17H2,(H,23,24). The zero-order chi connectivity index (χ0) is 17.3. The fourth-order valence-corrected chi connectivity index (χ4v) is 2.66. The Bertz CT molecular complexity index is 722. The highest BCUT2D eigenvalue weighted by molar-refractivity contribution is 5.51. The molecule has 2 nitrogen and oxygen atoms in total. The molecule has 0 aromatic heterocycles. The van der Waals surface area contributed by atoms with Crippen LogP contribution in [0, 0.1) is 11.8 Å². The summed E-state index contributed by atoms with van der Waals surface area (Å²) in [6, 6.07) is 17.8. The smallest absolute Gasteiger partial charge is 0.207 e. The molecule has 0 aliphatic heterocycles. The second kappa shape index (κ2) is 8.55. The minimum Gasteiger partial charge on any atom is -0.349 e. The molecule has 0 unspecified atom stereocenters. The summed E-state index contributed by atoms with van der Waals surface area (Å²) in [5.74, 6) is 6.30. The summed E-state index contributed by atoms with van der Waals surface area (Å²) in [6.45, 7) is 7.61. The van der Waals surface area contributed by atoms with Crippen LogP contribution in [0.15, 0.2) is 79.9 Å². The zero-order valence-corrected chi connectivity index (χ0v) is 13.7. The van der Waals surface area contributed by atoms with Gasteiger partial charge in [-0.15, -0.1) is 13.2 Å². The van der Waals surface area contributed by atoms with Gasteiger partial charge >= 0.3 is 0 Å². The zero-order valence-electron chi connectivity index (χ0n) is 13.7. The van der Waals surface area contributed by atoms with E-state index in [1.165, 1.54) is 0 Å². The van der Waals surface area contributed by atoms with E-state index in [0.717, 1.165) is 23.1 Å². The van der Waals surface area contributed by atoms with E-state index >= 15 is 0 Å². The van der Waals surface area contributed by atoms with Gasteiger partial charge in [0.15, 0.2) is 0 Å². The Morgan fingerprint density at radius 1 is 0.875 bits per heavy atom. The Morgan fingerprint density at radius 2 is 1.42 bits per heavy atom. The highest BCUT2D eigenvalue weighted by Crippen LogP contribution is 2.29. The first-order valence-corrected chi connectivity index (χ1v) is 7.85. The van der Waals surface area contributed by atoms with E-state index < -0.39 is 5.54 Å². The molecule has 0 atom stereocenters. The highest BCUT2D eigenvalue weighted by atomic mass is 16.1. The van der Waals surface area contributed by atoms with Crippen LogP contribution < -0.4 is 5.32 Å². The molecule has 2 rings (SSSR count). The van der Waals surface area contributed by atoms with Crippen LogP contribution in [-0.4, -0.2) is 6.41 Å². The minimum absolute atomic E-state index is 0.503. The molecule has 2 aromatic carbocycles. The van der Waals surface area contributed by atoms with E-state index in [4.69, 9.17) is 0 Å². The molecule has 0 fully saturated rings. The third-order valence-corrected chi connectivity index (χ3v) is 3.88. The average molecular weight is 315 g/mol. The summed E-state index contributed by atoms with van der Waals surface area (Å²) in [5, 5.41) is 2.93. The Hall–Kier alpha value is -3.05. The van der Waals surface area contributed by atoms with Gasteiger partial charge in [0.25, 0.3) is 0 Å². The molecule has 0 radical (unpaired) electrons. The van der Waals surface area contributed by atoms with Gasteiger partial charge in [-0.25, -0.2) is 0 Å². The van der Waals surface area contributed by atoms with E-state index in [2.05, 4.69) is 30.3 Å². The monoisotopic (exact) mass is 315 g/mol. The molecule has 0 heterocycles. The van der Waals surface area contributed by atoms with Crippen LogP contribution in [0.4, 0.5) is 0 Å². The lowest BCUT2D eigenvalue weighted by Gasteiger charge is -2.32. The van der Waals surface area contributed by atoms with Gasteiger partial charge in [0.1, 0.15) is 0 Å². The number of carbonyl (C=O) groups excluding carboxylic acids is 1. The molecule has 0 saturated carbocycles. The van der Waals surface area contributed by atoms with E-state index in [9.17, 15) is 4.79 Å². The second-order valence-electron chi connectivity index (χ2n) is 5.52. The number of hydrogen-bond donors (Lipinski definition) is 1. The maximum Gasteiger partial charge on any atom is 0.207 e. The van der Waals surface area contributed by atoms with Crippen molar-refractivity contribution in [3.8, 4) is 11.8 Å². The molecular formula is C22H21NO. The fraction of sp³-hybridized carbons (Fsp3) is 0.136. The highest BCUT2D eigenvalue weighted by Gasteiger charge is 2.28. The van der Waals surface area contributed by atoms with Gasteiger partial charge in [-0.1, -0.05) is 54.3 Å². The number of amides is 1. The molecule has 0 bridgehead atoms. The van der Waals surface area contributed by atoms with Crippen LogP contribution in [0.3, 0.4) is 0 Å². The van der Waals surface area contributed by atoms with Crippen LogP contribution in [0.25, 0.3) is 0 Å². The molecule has 1 N–H and O–H groups in total. The van der Waals surface area contributed by atoms with Crippen LogP contribution in [0.5, 0.6) is 0 Å². The maximum absolute atomic E-state index is 11.1. The molecular weight excluding hydrogens is 294 g/mol. The van der Waals surface area contributed by atoms with Crippen molar-refractivity contribution < 1.29 is 4.79 Å². The summed E-state index contributed by atoms with van der Waals surface area (Å²) in [4.78, 5) is 11.1. The van der Waals surface area contributed by atoms with Crippen molar-refractivity contribution in [2.75, 3.05) is 0 Å². The lowest BCUT2D eigenvalue weighted by Crippen LogP contribution is -2.40. The predicted octanol–water partition coefficient (Wildman–Crippen LogP) is 4.18. The summed E-state index contributed by atoms with van der Waals surface area (Å²) >= 11 is 0. The Morgan fingerprint density at radius 3 is 1.92 bits per heavy atom. The normalized spacial score (nSPS) is 10.2. The summed E-state index contributed by atoms with van der Waals surface area (Å²) in [5.41, 5.74) is 2.42. The predicted molar refractivity (Wildman–Crippen MR) is 99.4 cm³/mol. The van der Waals surface area contributed by atoms with E-state index in [1.54, 1.807) is 0 Å². The van der Waals surface area contributed by atoms with Gasteiger partial charge < -0.3 is 5.32 Å². The maximum atomic E-state index is 11.1. The Labute approximate surface area is 143 Å². The van der Waals surface area contributed by atoms with E-state index in [-0.39, 0.29) is 0 Å². The third-order valence-electron chi connectivity index (χ3n) is 3.88. The second-order valence-corrected chi connectivity index (χ2v) is 5.52. The van der Waals surface area contributed by atoms with Crippen molar-refractivity contribution in [2.24, 2.45) is 0 Å². The van der Waals surface area contributed by atoms with E-state index in [1.807, 2.05) is 66.7 Å². The van der Waals surface area contributed by atoms with Crippen LogP contribution in [0.1, 0.15) is 29.5 Å². The summed E-state index contributed by atoms with van der Waals surface area (Å²) in [6.07, 6.45) is 5.61. The van der Waals surface area contributed by atoms with Gasteiger partial charge in [-0.05, 0) is 42.7 Å². The van der Waals surface area contributed by atoms with Crippen molar-refractivity contribution in [3.63, 3.8) is 0 Å². The fourth-order valence-electron chi connectivity index (χ4n) is 2.66. The lowest BCUT2D eigenvalue weighted by molar-refractivity contribution is -0.111. The van der Waals surface area contributed by atoms with Crippen molar-refractivity contribution in [3.05, 3.63) is 96.6 Å². The van der Waals surface area contributed by atoms with Gasteiger partial charge in [0, 0.05) is 11.1 Å². The largest absolute Gasteiger partial charge is 0.349 e. The third kappa shape index (κ3) is 4.24. The summed E-state index contributed by atoms with van der Waals surface area (Å²) in [7, 11) is 0. The first kappa shape index (κ1) is 17.3. The average Bonchev–Trinajstić information content (AvgIpc) is 2.62. The first-order valence-electron chi connectivity index (χ1n) is 7.85. The molecule has 2 aromatic rings. The Balaban J connectivity index is 2.29. The molecule has 120 valence electrons. The number of rotatable bonds is 7. The number of hydrogen-bond acceptors (Lipinski definition) is 1. The van der Waals surface area contributed by atoms with Gasteiger partial charge in [-0.3, -0.25) is 4.79 Å². The van der Waals surface area contributed by atoms with Crippen LogP contribution >= 0.6 is 0 Å². The minimum atomic E-state index is -0.503. The Kier molecular flexibility index (Phi) is 6.16. The summed E-state index contributed by atoms with van der Waals surface area (Å²) < 4.78 is 0. The first-order chi connectivity index (χ1) is 11.7. The van der Waals surface area contributed by atoms with Gasteiger partial charge in [-0.2, -0.15) is 0 Å². The molecule has 24 heavy (non-hydrogen) atoms. The molecule has 0 saturated heterocycles. The van der Waals surface area contributed by atoms with Crippen molar-refractivity contribution >= 4 is 6.41 Å². The number of benzene rings is 2. The molecule has 1 amide bonds.